The Hall–Kier alpha value is -1.29. The van der Waals surface area contributed by atoms with E-state index >= 15 is 0 Å². The number of aromatic carboxylic acids is 1. The summed E-state index contributed by atoms with van der Waals surface area (Å²) in [5.74, 6) is -0.931. The summed E-state index contributed by atoms with van der Waals surface area (Å²) in [7, 11) is 0. The van der Waals surface area contributed by atoms with Crippen LogP contribution in [0.1, 0.15) is 21.6 Å². The van der Waals surface area contributed by atoms with Crippen LogP contribution in [-0.4, -0.2) is 16.1 Å². The fraction of sp³-hybridized carbons (Fsp3) is 0.182. The molecular formula is C11H10BrNO2. The molecule has 4 heteroatoms. The molecule has 0 bridgehead atoms. The predicted molar refractivity (Wildman–Crippen MR) is 62.4 cm³/mol. The van der Waals surface area contributed by atoms with E-state index in [1.165, 1.54) is 0 Å². The van der Waals surface area contributed by atoms with E-state index in [2.05, 4.69) is 20.9 Å². The van der Waals surface area contributed by atoms with Gasteiger partial charge < -0.3 is 10.1 Å². The number of hydrogen-bond donors (Lipinski definition) is 2. The van der Waals surface area contributed by atoms with Crippen LogP contribution < -0.4 is 0 Å². The summed E-state index contributed by atoms with van der Waals surface area (Å²) in [6.45, 7) is 3.98. The number of benzene rings is 1. The van der Waals surface area contributed by atoms with Crippen LogP contribution in [0.25, 0.3) is 10.9 Å². The SMILES string of the molecule is Cc1c(Br)cc2cc(C(=O)O)[nH]c2c1C. The van der Waals surface area contributed by atoms with Gasteiger partial charge in [0, 0.05) is 15.4 Å². The zero-order chi connectivity index (χ0) is 11.2. The summed E-state index contributed by atoms with van der Waals surface area (Å²) < 4.78 is 1.00. The first-order chi connectivity index (χ1) is 7.00. The maximum Gasteiger partial charge on any atom is 0.352 e. The summed E-state index contributed by atoms with van der Waals surface area (Å²) in [6, 6.07) is 3.58. The fourth-order valence-electron chi connectivity index (χ4n) is 1.62. The average molecular weight is 268 g/mol. The third-order valence-corrected chi connectivity index (χ3v) is 3.48. The minimum absolute atomic E-state index is 0.227. The average Bonchev–Trinajstić information content (AvgIpc) is 2.58. The quantitative estimate of drug-likeness (QED) is 0.834. The molecule has 1 aromatic carbocycles. The summed E-state index contributed by atoms with van der Waals surface area (Å²) in [5.41, 5.74) is 3.33. The van der Waals surface area contributed by atoms with E-state index in [1.807, 2.05) is 19.9 Å². The van der Waals surface area contributed by atoms with Gasteiger partial charge in [-0.15, -0.1) is 0 Å². The molecule has 0 fully saturated rings. The molecule has 0 amide bonds. The van der Waals surface area contributed by atoms with E-state index in [0.717, 1.165) is 26.5 Å². The lowest BCUT2D eigenvalue weighted by Gasteiger charge is -2.03. The Morgan fingerprint density at radius 2 is 2.00 bits per heavy atom. The van der Waals surface area contributed by atoms with Crippen LogP contribution in [0.2, 0.25) is 0 Å². The number of aromatic amines is 1. The second-order valence-corrected chi connectivity index (χ2v) is 4.42. The van der Waals surface area contributed by atoms with Crippen LogP contribution in [0, 0.1) is 13.8 Å². The maximum atomic E-state index is 10.8. The minimum atomic E-state index is -0.931. The molecule has 3 nitrogen and oxygen atoms in total. The van der Waals surface area contributed by atoms with Crippen molar-refractivity contribution in [3.05, 3.63) is 33.4 Å². The van der Waals surface area contributed by atoms with Crippen molar-refractivity contribution >= 4 is 32.8 Å². The minimum Gasteiger partial charge on any atom is -0.477 e. The lowest BCUT2D eigenvalue weighted by molar-refractivity contribution is 0.0691. The van der Waals surface area contributed by atoms with Gasteiger partial charge in [-0.2, -0.15) is 0 Å². The number of H-pyrrole nitrogens is 1. The molecule has 1 aromatic heterocycles. The van der Waals surface area contributed by atoms with Crippen molar-refractivity contribution in [1.82, 2.24) is 4.98 Å². The number of carbonyl (C=O) groups is 1. The van der Waals surface area contributed by atoms with Gasteiger partial charge in [0.15, 0.2) is 0 Å². The molecule has 15 heavy (non-hydrogen) atoms. The first-order valence-electron chi connectivity index (χ1n) is 4.52. The molecule has 2 rings (SSSR count). The molecule has 1 heterocycles. The molecule has 0 atom stereocenters. The van der Waals surface area contributed by atoms with Gasteiger partial charge in [-0.3, -0.25) is 0 Å². The summed E-state index contributed by atoms with van der Waals surface area (Å²) in [5, 5.41) is 9.79. The number of halogens is 1. The van der Waals surface area contributed by atoms with Gasteiger partial charge >= 0.3 is 5.97 Å². The third kappa shape index (κ3) is 1.55. The number of aryl methyl sites for hydroxylation is 1. The zero-order valence-electron chi connectivity index (χ0n) is 8.39. The first-order valence-corrected chi connectivity index (χ1v) is 5.31. The van der Waals surface area contributed by atoms with E-state index in [1.54, 1.807) is 6.07 Å². The second kappa shape index (κ2) is 3.38. The molecule has 0 saturated heterocycles. The molecule has 0 saturated carbocycles. The van der Waals surface area contributed by atoms with Gasteiger partial charge in [0.25, 0.3) is 0 Å². The number of aromatic nitrogens is 1. The van der Waals surface area contributed by atoms with Crippen molar-refractivity contribution < 1.29 is 9.90 Å². The van der Waals surface area contributed by atoms with Gasteiger partial charge in [-0.1, -0.05) is 15.9 Å². The number of fused-ring (bicyclic) bond motifs is 1. The van der Waals surface area contributed by atoms with Crippen LogP contribution in [0.15, 0.2) is 16.6 Å². The smallest absolute Gasteiger partial charge is 0.352 e. The molecule has 0 aliphatic heterocycles. The molecule has 2 aromatic rings. The van der Waals surface area contributed by atoms with Crippen molar-refractivity contribution in [2.24, 2.45) is 0 Å². The van der Waals surface area contributed by atoms with Crippen molar-refractivity contribution in [1.29, 1.82) is 0 Å². The molecule has 0 unspecified atom stereocenters. The Kier molecular flexibility index (Phi) is 2.31. The monoisotopic (exact) mass is 267 g/mol. The fourth-order valence-corrected chi connectivity index (χ4v) is 2.17. The number of rotatable bonds is 1. The standard InChI is InChI=1S/C11H10BrNO2/c1-5-6(2)10-7(3-8(5)12)4-9(13-10)11(14)15/h3-4,13H,1-2H3,(H,14,15). The summed E-state index contributed by atoms with van der Waals surface area (Å²) in [6.07, 6.45) is 0. The van der Waals surface area contributed by atoms with Crippen LogP contribution in [0.3, 0.4) is 0 Å². The van der Waals surface area contributed by atoms with Crippen molar-refractivity contribution in [2.45, 2.75) is 13.8 Å². The van der Waals surface area contributed by atoms with E-state index in [-0.39, 0.29) is 5.69 Å². The van der Waals surface area contributed by atoms with Gasteiger partial charge in [0.2, 0.25) is 0 Å². The maximum absolute atomic E-state index is 10.8. The van der Waals surface area contributed by atoms with Crippen LogP contribution in [0.5, 0.6) is 0 Å². The lowest BCUT2D eigenvalue weighted by Crippen LogP contribution is -1.95. The molecule has 0 aliphatic carbocycles. The highest BCUT2D eigenvalue weighted by atomic mass is 79.9. The van der Waals surface area contributed by atoms with Gasteiger partial charge in [-0.05, 0) is 37.1 Å². The Labute approximate surface area is 95.2 Å². The van der Waals surface area contributed by atoms with Crippen molar-refractivity contribution in [3.8, 4) is 0 Å². The lowest BCUT2D eigenvalue weighted by atomic mass is 10.1. The largest absolute Gasteiger partial charge is 0.477 e. The van der Waals surface area contributed by atoms with E-state index in [9.17, 15) is 4.79 Å². The van der Waals surface area contributed by atoms with Crippen LogP contribution >= 0.6 is 15.9 Å². The normalized spacial score (nSPS) is 10.9. The number of carboxylic acids is 1. The van der Waals surface area contributed by atoms with Gasteiger partial charge in [0.1, 0.15) is 5.69 Å². The summed E-state index contributed by atoms with van der Waals surface area (Å²) >= 11 is 3.45. The highest BCUT2D eigenvalue weighted by Crippen LogP contribution is 2.28. The topological polar surface area (TPSA) is 53.1 Å². The molecule has 0 radical (unpaired) electrons. The number of nitrogens with one attached hydrogen (secondary N) is 1. The first kappa shape index (κ1) is 10.2. The third-order valence-electron chi connectivity index (χ3n) is 2.66. The summed E-state index contributed by atoms with van der Waals surface area (Å²) in [4.78, 5) is 13.7. The number of hydrogen-bond acceptors (Lipinski definition) is 1. The van der Waals surface area contributed by atoms with E-state index in [0.29, 0.717) is 0 Å². The highest BCUT2D eigenvalue weighted by molar-refractivity contribution is 9.10. The molecule has 78 valence electrons. The van der Waals surface area contributed by atoms with E-state index in [4.69, 9.17) is 5.11 Å². The Morgan fingerprint density at radius 3 is 2.60 bits per heavy atom. The van der Waals surface area contributed by atoms with Crippen molar-refractivity contribution in [3.63, 3.8) is 0 Å². The van der Waals surface area contributed by atoms with Crippen LogP contribution in [-0.2, 0) is 0 Å². The molecular weight excluding hydrogens is 258 g/mol. The molecule has 2 N–H and O–H groups in total. The Bertz CT molecular complexity index is 557. The van der Waals surface area contributed by atoms with Crippen molar-refractivity contribution in [2.75, 3.05) is 0 Å². The molecule has 0 spiro atoms. The zero-order valence-corrected chi connectivity index (χ0v) is 9.97. The predicted octanol–water partition coefficient (Wildman–Crippen LogP) is 3.25. The second-order valence-electron chi connectivity index (χ2n) is 3.56. The van der Waals surface area contributed by atoms with Crippen LogP contribution in [0.4, 0.5) is 0 Å². The molecule has 0 aliphatic rings. The van der Waals surface area contributed by atoms with Gasteiger partial charge in [-0.25, -0.2) is 4.79 Å². The highest BCUT2D eigenvalue weighted by Gasteiger charge is 2.11. The van der Waals surface area contributed by atoms with Gasteiger partial charge in [0.05, 0.1) is 0 Å². The van der Waals surface area contributed by atoms with E-state index < -0.39 is 5.97 Å². The Morgan fingerprint density at radius 1 is 1.33 bits per heavy atom. The Balaban J connectivity index is 2.82. The number of carboxylic acid groups (broad SMARTS) is 1.